The van der Waals surface area contributed by atoms with Crippen molar-refractivity contribution in [1.29, 1.82) is 0 Å². The molecule has 3 aromatic rings. The number of carboxylic acid groups (broad SMARTS) is 1. The van der Waals surface area contributed by atoms with Gasteiger partial charge in [0.2, 0.25) is 0 Å². The van der Waals surface area contributed by atoms with Crippen molar-refractivity contribution < 1.29 is 32.9 Å². The minimum Gasteiger partial charge on any atom is -0.487 e. The number of alkyl halides is 3. The monoisotopic (exact) mass is 490 g/mol. The minimum absolute atomic E-state index is 0.136. The number of ether oxygens (including phenoxy) is 1. The van der Waals surface area contributed by atoms with Gasteiger partial charge in [0, 0.05) is 25.9 Å². The Morgan fingerprint density at radius 3 is 2.60 bits per heavy atom. The molecule has 2 aliphatic rings. The van der Waals surface area contributed by atoms with Crippen molar-refractivity contribution >= 4 is 17.4 Å². The lowest BCUT2D eigenvalue weighted by atomic mass is 9.82. The number of aliphatic hydroxyl groups excluding tert-OH is 1. The summed E-state index contributed by atoms with van der Waals surface area (Å²) in [6.07, 6.45) is -1.75. The van der Waals surface area contributed by atoms with E-state index in [1.165, 1.54) is 13.0 Å². The molecular weight excluding hydrogens is 465 g/mol. The summed E-state index contributed by atoms with van der Waals surface area (Å²) in [4.78, 5) is 16.9. The van der Waals surface area contributed by atoms with E-state index >= 15 is 0 Å². The van der Waals surface area contributed by atoms with Crippen LogP contribution >= 0.6 is 0 Å². The Morgan fingerprint density at radius 1 is 1.17 bits per heavy atom. The van der Waals surface area contributed by atoms with Crippen LogP contribution in [0.3, 0.4) is 0 Å². The number of nitrogens with zero attached hydrogens (tertiary/aromatic N) is 4. The molecule has 1 aromatic carbocycles. The predicted octanol–water partition coefficient (Wildman–Crippen LogP) is 3.87. The van der Waals surface area contributed by atoms with E-state index in [9.17, 15) is 28.2 Å². The number of aliphatic hydroxyl groups is 1. The third kappa shape index (κ3) is 4.40. The van der Waals surface area contributed by atoms with Gasteiger partial charge in [-0.25, -0.2) is 9.50 Å². The molecule has 2 N–H and O–H groups in total. The average Bonchev–Trinajstić information content (AvgIpc) is 3.27. The second kappa shape index (κ2) is 8.40. The fourth-order valence-electron chi connectivity index (χ4n) is 4.80. The highest BCUT2D eigenvalue weighted by Gasteiger charge is 2.40. The molecule has 186 valence electrons. The first-order valence-corrected chi connectivity index (χ1v) is 11.5. The Morgan fingerprint density at radius 2 is 1.91 bits per heavy atom. The number of halogens is 3. The maximum atomic E-state index is 13.0. The van der Waals surface area contributed by atoms with Crippen LogP contribution in [0.2, 0.25) is 0 Å². The lowest BCUT2D eigenvalue weighted by molar-refractivity contribution is -0.145. The lowest BCUT2D eigenvalue weighted by Crippen LogP contribution is -2.50. The zero-order chi connectivity index (χ0) is 25.0. The number of anilines is 1. The molecule has 1 spiro atoms. The molecule has 35 heavy (non-hydrogen) atoms. The van der Waals surface area contributed by atoms with Crippen molar-refractivity contribution in [3.05, 3.63) is 53.3 Å². The topological polar surface area (TPSA) is 100 Å². The number of aliphatic carboxylic acids is 1. The highest BCUT2D eigenvalue weighted by molar-refractivity contribution is 5.70. The second-order valence-electron chi connectivity index (χ2n) is 9.33. The second-order valence-corrected chi connectivity index (χ2v) is 9.33. The van der Waals surface area contributed by atoms with Crippen molar-refractivity contribution in [2.45, 2.75) is 50.5 Å². The number of carbonyl (C=O) groups is 1. The van der Waals surface area contributed by atoms with Gasteiger partial charge in [-0.3, -0.25) is 4.79 Å². The van der Waals surface area contributed by atoms with Crippen LogP contribution in [0, 0.1) is 5.92 Å². The molecule has 1 fully saturated rings. The van der Waals surface area contributed by atoms with Crippen LogP contribution in [0.15, 0.2) is 36.5 Å². The number of hydrogen-bond acceptors (Lipinski definition) is 6. The molecule has 2 atom stereocenters. The summed E-state index contributed by atoms with van der Waals surface area (Å²) in [7, 11) is 0. The van der Waals surface area contributed by atoms with Gasteiger partial charge in [-0.2, -0.15) is 13.2 Å². The number of imidazole rings is 1. The van der Waals surface area contributed by atoms with Crippen molar-refractivity contribution in [3.8, 4) is 5.75 Å². The summed E-state index contributed by atoms with van der Waals surface area (Å²) in [6.45, 7) is 2.70. The van der Waals surface area contributed by atoms with Crippen LogP contribution in [0.5, 0.6) is 5.75 Å². The Kier molecular flexibility index (Phi) is 5.62. The van der Waals surface area contributed by atoms with E-state index in [1.54, 1.807) is 18.2 Å². The number of benzene rings is 1. The van der Waals surface area contributed by atoms with E-state index in [1.807, 2.05) is 11.0 Å². The van der Waals surface area contributed by atoms with Crippen LogP contribution in [-0.4, -0.2) is 49.5 Å². The fourth-order valence-corrected chi connectivity index (χ4v) is 4.80. The van der Waals surface area contributed by atoms with Gasteiger partial charge < -0.3 is 19.8 Å². The molecule has 2 aliphatic heterocycles. The SMILES string of the molecule is C[C@H](C(=O)O)[C@@H](O)c1ccc2c(c1)OC1(CC2)CCN(c2ccc3nc(C(F)(F)F)cn3n2)CC1. The van der Waals surface area contributed by atoms with Crippen LogP contribution < -0.4 is 9.64 Å². The van der Waals surface area contributed by atoms with Crippen LogP contribution in [0.4, 0.5) is 19.0 Å². The smallest absolute Gasteiger partial charge is 0.434 e. The maximum Gasteiger partial charge on any atom is 0.434 e. The summed E-state index contributed by atoms with van der Waals surface area (Å²) in [5.41, 5.74) is 0.288. The quantitative estimate of drug-likeness (QED) is 0.573. The number of rotatable bonds is 4. The van der Waals surface area contributed by atoms with Gasteiger partial charge in [-0.05, 0) is 49.1 Å². The minimum atomic E-state index is -4.53. The van der Waals surface area contributed by atoms with Crippen molar-refractivity contribution in [2.24, 2.45) is 5.92 Å². The Bertz CT molecular complexity index is 1270. The summed E-state index contributed by atoms with van der Waals surface area (Å²) < 4.78 is 46.5. The molecular formula is C24H25F3N4O4. The van der Waals surface area contributed by atoms with E-state index in [-0.39, 0.29) is 5.65 Å². The number of carboxylic acids is 1. The molecule has 0 bridgehead atoms. The van der Waals surface area contributed by atoms with Gasteiger partial charge in [0.05, 0.1) is 18.2 Å². The van der Waals surface area contributed by atoms with E-state index in [0.717, 1.165) is 29.1 Å². The highest BCUT2D eigenvalue weighted by atomic mass is 19.4. The summed E-state index contributed by atoms with van der Waals surface area (Å²) >= 11 is 0. The number of aromatic nitrogens is 3. The van der Waals surface area contributed by atoms with Crippen molar-refractivity contribution in [3.63, 3.8) is 0 Å². The molecule has 0 aliphatic carbocycles. The number of piperidine rings is 1. The van der Waals surface area contributed by atoms with E-state index in [2.05, 4.69) is 10.1 Å². The third-order valence-corrected chi connectivity index (χ3v) is 7.07. The predicted molar refractivity (Wildman–Crippen MR) is 119 cm³/mol. The van der Waals surface area contributed by atoms with Gasteiger partial charge in [-0.1, -0.05) is 12.1 Å². The molecule has 0 amide bonds. The molecule has 8 nitrogen and oxygen atoms in total. The fraction of sp³-hybridized carbons (Fsp3) is 0.458. The molecule has 0 saturated carbocycles. The molecule has 2 aromatic heterocycles. The Balaban J connectivity index is 1.30. The number of fused-ring (bicyclic) bond motifs is 2. The number of aryl methyl sites for hydroxylation is 1. The average molecular weight is 490 g/mol. The molecule has 0 unspecified atom stereocenters. The van der Waals surface area contributed by atoms with Crippen LogP contribution in [-0.2, 0) is 17.4 Å². The van der Waals surface area contributed by atoms with Gasteiger partial charge in [-0.15, -0.1) is 5.10 Å². The van der Waals surface area contributed by atoms with Crippen LogP contribution in [0.25, 0.3) is 5.65 Å². The standard InChI is InChI=1S/C24H25F3N4O4/c1-14(22(33)34)21(32)16-3-2-15-6-7-23(35-17(15)12-16)8-10-30(11-9-23)20-5-4-19-28-18(24(25,26)27)13-31(19)29-20/h2-5,12-14,21,32H,6-11H2,1H3,(H,33,34)/t14-,21+/m0/s1. The first-order valence-electron chi connectivity index (χ1n) is 11.5. The van der Waals surface area contributed by atoms with Gasteiger partial charge >= 0.3 is 12.1 Å². The van der Waals surface area contributed by atoms with E-state index in [0.29, 0.717) is 43.1 Å². The van der Waals surface area contributed by atoms with Gasteiger partial charge in [0.15, 0.2) is 11.3 Å². The first-order chi connectivity index (χ1) is 16.5. The number of hydrogen-bond donors (Lipinski definition) is 2. The zero-order valence-electron chi connectivity index (χ0n) is 19.0. The molecule has 11 heteroatoms. The summed E-state index contributed by atoms with van der Waals surface area (Å²) in [5, 5.41) is 24.0. The summed E-state index contributed by atoms with van der Waals surface area (Å²) in [5.74, 6) is -0.780. The third-order valence-electron chi connectivity index (χ3n) is 7.07. The van der Waals surface area contributed by atoms with Crippen molar-refractivity contribution in [2.75, 3.05) is 18.0 Å². The summed E-state index contributed by atoms with van der Waals surface area (Å²) in [6, 6.07) is 8.56. The molecule has 0 radical (unpaired) electrons. The van der Waals surface area contributed by atoms with E-state index < -0.39 is 35.5 Å². The van der Waals surface area contributed by atoms with Gasteiger partial charge in [0.1, 0.15) is 17.2 Å². The Hall–Kier alpha value is -3.34. The normalized spacial score (nSPS) is 19.3. The molecule has 4 heterocycles. The maximum absolute atomic E-state index is 13.0. The lowest BCUT2D eigenvalue weighted by Gasteiger charge is -2.45. The van der Waals surface area contributed by atoms with Gasteiger partial charge in [0.25, 0.3) is 0 Å². The molecule has 1 saturated heterocycles. The Labute approximate surface area is 199 Å². The van der Waals surface area contributed by atoms with Crippen LogP contribution in [0.1, 0.15) is 49.1 Å². The first kappa shape index (κ1) is 23.4. The molecule has 5 rings (SSSR count). The zero-order valence-corrected chi connectivity index (χ0v) is 19.0. The van der Waals surface area contributed by atoms with Crippen molar-refractivity contribution in [1.82, 2.24) is 14.6 Å². The van der Waals surface area contributed by atoms with E-state index in [4.69, 9.17) is 4.74 Å². The highest BCUT2D eigenvalue weighted by Crippen LogP contribution is 2.41. The largest absolute Gasteiger partial charge is 0.487 e.